The summed E-state index contributed by atoms with van der Waals surface area (Å²) in [6.07, 6.45) is 2.84. The first-order valence-corrected chi connectivity index (χ1v) is 9.00. The highest BCUT2D eigenvalue weighted by Gasteiger charge is 2.18. The van der Waals surface area contributed by atoms with Gasteiger partial charge in [-0.25, -0.2) is 4.79 Å². The second-order valence-electron chi connectivity index (χ2n) is 5.31. The molecule has 2 aliphatic rings. The van der Waals surface area contributed by atoms with Gasteiger partial charge >= 0.3 is 6.03 Å². The van der Waals surface area contributed by atoms with Crippen LogP contribution in [0.4, 0.5) is 10.5 Å². The van der Waals surface area contributed by atoms with Crippen LogP contribution in [-0.2, 0) is 0 Å². The Kier molecular flexibility index (Phi) is 5.20. The van der Waals surface area contributed by atoms with E-state index in [4.69, 9.17) is 21.1 Å². The predicted octanol–water partition coefficient (Wildman–Crippen LogP) is 3.52. The van der Waals surface area contributed by atoms with Gasteiger partial charge in [0.15, 0.2) is 11.5 Å². The second-order valence-corrected chi connectivity index (χ2v) is 6.95. The van der Waals surface area contributed by atoms with Crippen LogP contribution in [0.5, 0.6) is 11.5 Å². The van der Waals surface area contributed by atoms with E-state index in [9.17, 15) is 4.79 Å². The van der Waals surface area contributed by atoms with Crippen LogP contribution in [0.2, 0.25) is 5.02 Å². The minimum atomic E-state index is -0.228. The van der Waals surface area contributed by atoms with E-state index in [-0.39, 0.29) is 12.1 Å². The molecular weight excluding hydrogens is 324 g/mol. The predicted molar refractivity (Wildman–Crippen MR) is 89.6 cm³/mol. The first-order valence-electron chi connectivity index (χ1n) is 7.47. The third kappa shape index (κ3) is 3.93. The van der Waals surface area contributed by atoms with Crippen LogP contribution in [0.1, 0.15) is 19.3 Å². The number of rotatable bonds is 2. The summed E-state index contributed by atoms with van der Waals surface area (Å²) in [5.41, 5.74) is 0.536. The molecule has 1 fully saturated rings. The van der Waals surface area contributed by atoms with Crippen molar-refractivity contribution < 1.29 is 14.3 Å². The molecule has 0 unspecified atom stereocenters. The number of benzene rings is 1. The van der Waals surface area contributed by atoms with Gasteiger partial charge in [0, 0.05) is 24.6 Å². The van der Waals surface area contributed by atoms with Crippen LogP contribution >= 0.6 is 23.4 Å². The second kappa shape index (κ2) is 7.33. The highest BCUT2D eigenvalue weighted by Crippen LogP contribution is 2.37. The van der Waals surface area contributed by atoms with Crippen molar-refractivity contribution in [1.29, 1.82) is 0 Å². The maximum Gasteiger partial charge on any atom is 0.319 e. The van der Waals surface area contributed by atoms with Crippen LogP contribution in [-0.4, -0.2) is 36.8 Å². The lowest BCUT2D eigenvalue weighted by molar-refractivity contribution is 0.247. The molecule has 0 radical (unpaired) electrons. The minimum absolute atomic E-state index is 0.228. The molecule has 0 aliphatic carbocycles. The van der Waals surface area contributed by atoms with Gasteiger partial charge in [-0.3, -0.25) is 0 Å². The van der Waals surface area contributed by atoms with Crippen molar-refractivity contribution in [2.45, 2.75) is 25.3 Å². The molecule has 0 atom stereocenters. The molecule has 2 aliphatic heterocycles. The molecule has 0 bridgehead atoms. The molecule has 0 aromatic heterocycles. The molecule has 3 rings (SSSR count). The van der Waals surface area contributed by atoms with Crippen LogP contribution in [0, 0.1) is 0 Å². The third-order valence-corrected chi connectivity index (χ3v) is 5.00. The number of carbonyl (C=O) groups is 1. The number of nitrogens with one attached hydrogen (secondary N) is 2. The molecule has 1 aromatic rings. The smallest absolute Gasteiger partial charge is 0.319 e. The first kappa shape index (κ1) is 15.6. The van der Waals surface area contributed by atoms with Gasteiger partial charge in [-0.1, -0.05) is 11.6 Å². The zero-order valence-electron chi connectivity index (χ0n) is 12.2. The molecule has 1 aromatic carbocycles. The Bertz CT molecular complexity index is 550. The topological polar surface area (TPSA) is 59.6 Å². The summed E-state index contributed by atoms with van der Waals surface area (Å²) >= 11 is 8.15. The fraction of sp³-hybridized carbons (Fsp3) is 0.533. The molecule has 2 heterocycles. The van der Waals surface area contributed by atoms with Gasteiger partial charge in [0.2, 0.25) is 0 Å². The fourth-order valence-corrected chi connectivity index (χ4v) is 3.77. The summed E-state index contributed by atoms with van der Waals surface area (Å²) < 4.78 is 11.2. The zero-order chi connectivity index (χ0) is 15.4. The van der Waals surface area contributed by atoms with Gasteiger partial charge in [0.1, 0.15) is 0 Å². The lowest BCUT2D eigenvalue weighted by atomic mass is 10.2. The maximum absolute atomic E-state index is 12.1. The Labute approximate surface area is 139 Å². The van der Waals surface area contributed by atoms with Gasteiger partial charge in [-0.2, -0.15) is 11.8 Å². The van der Waals surface area contributed by atoms with Crippen LogP contribution in [0.25, 0.3) is 0 Å². The van der Waals surface area contributed by atoms with E-state index >= 15 is 0 Å². The minimum Gasteiger partial charge on any atom is -0.490 e. The number of thioether (sulfide) groups is 1. The van der Waals surface area contributed by atoms with E-state index in [1.54, 1.807) is 12.1 Å². The van der Waals surface area contributed by atoms with Crippen molar-refractivity contribution in [2.24, 2.45) is 0 Å². The number of hydrogen-bond donors (Lipinski definition) is 2. The van der Waals surface area contributed by atoms with Crippen molar-refractivity contribution in [3.05, 3.63) is 17.2 Å². The number of carbonyl (C=O) groups excluding carboxylic acids is 1. The molecule has 22 heavy (non-hydrogen) atoms. The molecule has 1 saturated heterocycles. The van der Waals surface area contributed by atoms with Gasteiger partial charge in [-0.15, -0.1) is 0 Å². The number of anilines is 1. The fourth-order valence-electron chi connectivity index (χ4n) is 2.47. The van der Waals surface area contributed by atoms with Crippen molar-refractivity contribution in [2.75, 3.05) is 30.0 Å². The SMILES string of the molecule is O=C(Nc1cc2c(cc1Cl)OCCCO2)NC1CCSCC1. The van der Waals surface area contributed by atoms with Crippen molar-refractivity contribution in [3.8, 4) is 11.5 Å². The van der Waals surface area contributed by atoms with Gasteiger partial charge in [0.05, 0.1) is 23.9 Å². The molecular formula is C15H19ClN2O3S. The van der Waals surface area contributed by atoms with E-state index < -0.39 is 0 Å². The molecule has 120 valence electrons. The highest BCUT2D eigenvalue weighted by molar-refractivity contribution is 7.99. The standard InChI is InChI=1S/C15H19ClN2O3S/c16-11-8-13-14(21-5-1-4-20-13)9-12(11)18-15(19)17-10-2-6-22-7-3-10/h8-10H,1-7H2,(H2,17,18,19). The first-order chi connectivity index (χ1) is 10.7. The summed E-state index contributed by atoms with van der Waals surface area (Å²) in [4.78, 5) is 12.1. The molecule has 2 amide bonds. The Morgan fingerprint density at radius 1 is 1.18 bits per heavy atom. The molecule has 0 spiro atoms. The summed E-state index contributed by atoms with van der Waals surface area (Å²) in [5.74, 6) is 3.43. The van der Waals surface area contributed by atoms with E-state index in [2.05, 4.69) is 10.6 Å². The largest absolute Gasteiger partial charge is 0.490 e. The number of halogens is 1. The molecule has 0 saturated carbocycles. The Balaban J connectivity index is 1.66. The van der Waals surface area contributed by atoms with Crippen molar-refractivity contribution >= 4 is 35.1 Å². The Morgan fingerprint density at radius 2 is 1.86 bits per heavy atom. The van der Waals surface area contributed by atoms with E-state index in [0.29, 0.717) is 35.4 Å². The third-order valence-electron chi connectivity index (χ3n) is 3.64. The number of fused-ring (bicyclic) bond motifs is 1. The Hall–Kier alpha value is -1.27. The number of ether oxygens (including phenoxy) is 2. The lowest BCUT2D eigenvalue weighted by Crippen LogP contribution is -2.40. The molecule has 7 heteroatoms. The average molecular weight is 343 g/mol. The van der Waals surface area contributed by atoms with Crippen molar-refractivity contribution in [1.82, 2.24) is 5.32 Å². The quantitative estimate of drug-likeness (QED) is 0.863. The number of urea groups is 1. The highest BCUT2D eigenvalue weighted by atomic mass is 35.5. The van der Waals surface area contributed by atoms with E-state index in [0.717, 1.165) is 30.8 Å². The zero-order valence-corrected chi connectivity index (χ0v) is 13.8. The number of amides is 2. The van der Waals surface area contributed by atoms with Gasteiger partial charge in [-0.05, 0) is 24.3 Å². The molecule has 5 nitrogen and oxygen atoms in total. The van der Waals surface area contributed by atoms with E-state index in [1.807, 2.05) is 11.8 Å². The normalized spacial score (nSPS) is 18.4. The lowest BCUT2D eigenvalue weighted by Gasteiger charge is -2.23. The molecule has 2 N–H and O–H groups in total. The summed E-state index contributed by atoms with van der Waals surface area (Å²) in [7, 11) is 0. The summed E-state index contributed by atoms with van der Waals surface area (Å²) in [5, 5.41) is 6.24. The van der Waals surface area contributed by atoms with Crippen LogP contribution < -0.4 is 20.1 Å². The summed E-state index contributed by atoms with van der Waals surface area (Å²) in [6, 6.07) is 3.42. The summed E-state index contributed by atoms with van der Waals surface area (Å²) in [6.45, 7) is 1.20. The average Bonchev–Trinajstić information content (AvgIpc) is 2.73. The Morgan fingerprint density at radius 3 is 2.59 bits per heavy atom. The number of hydrogen-bond acceptors (Lipinski definition) is 4. The van der Waals surface area contributed by atoms with Crippen LogP contribution in [0.15, 0.2) is 12.1 Å². The van der Waals surface area contributed by atoms with E-state index in [1.165, 1.54) is 0 Å². The maximum atomic E-state index is 12.1. The van der Waals surface area contributed by atoms with Gasteiger partial charge in [0.25, 0.3) is 0 Å². The van der Waals surface area contributed by atoms with Crippen LogP contribution in [0.3, 0.4) is 0 Å². The monoisotopic (exact) mass is 342 g/mol. The van der Waals surface area contributed by atoms with Gasteiger partial charge < -0.3 is 20.1 Å². The van der Waals surface area contributed by atoms with Crippen molar-refractivity contribution in [3.63, 3.8) is 0 Å².